The molecule has 1 aromatic heterocycles. The Morgan fingerprint density at radius 1 is 1.60 bits per heavy atom. The summed E-state index contributed by atoms with van der Waals surface area (Å²) in [6.07, 6.45) is 7.30. The molecule has 84 valence electrons. The molecule has 0 bridgehead atoms. The van der Waals surface area contributed by atoms with Crippen LogP contribution in [0.3, 0.4) is 0 Å². The second-order valence-corrected chi connectivity index (χ2v) is 4.86. The molecule has 0 aliphatic heterocycles. The van der Waals surface area contributed by atoms with Gasteiger partial charge < -0.3 is 5.32 Å². The first kappa shape index (κ1) is 10.7. The maximum atomic E-state index is 3.97. The molecule has 1 saturated carbocycles. The number of nitrogens with one attached hydrogen (secondary N) is 2. The van der Waals surface area contributed by atoms with Crippen molar-refractivity contribution >= 4 is 0 Å². The number of H-pyrrole nitrogens is 1. The standard InChI is InChI=1S/C12H21N3/c1-3-5-12(6-7-12)9-13-10(2)11-4-8-14-15-11/h4,8,10,13H,3,5-7,9H2,1-2H3,(H,14,15). The number of hydrogen-bond donors (Lipinski definition) is 2. The van der Waals surface area contributed by atoms with Crippen molar-refractivity contribution < 1.29 is 0 Å². The van der Waals surface area contributed by atoms with Crippen molar-refractivity contribution in [3.8, 4) is 0 Å². The quantitative estimate of drug-likeness (QED) is 0.753. The molecule has 0 spiro atoms. The van der Waals surface area contributed by atoms with Gasteiger partial charge in [-0.2, -0.15) is 5.10 Å². The fourth-order valence-electron chi connectivity index (χ4n) is 2.21. The van der Waals surface area contributed by atoms with Crippen LogP contribution in [0.25, 0.3) is 0 Å². The van der Waals surface area contributed by atoms with Gasteiger partial charge in [0.1, 0.15) is 0 Å². The van der Waals surface area contributed by atoms with Crippen LogP contribution in [0.4, 0.5) is 0 Å². The van der Waals surface area contributed by atoms with Crippen LogP contribution in [-0.2, 0) is 0 Å². The van der Waals surface area contributed by atoms with Crippen LogP contribution in [0.2, 0.25) is 0 Å². The van der Waals surface area contributed by atoms with Crippen molar-refractivity contribution in [1.82, 2.24) is 15.5 Å². The topological polar surface area (TPSA) is 40.7 Å². The van der Waals surface area contributed by atoms with Gasteiger partial charge in [0, 0.05) is 18.8 Å². The van der Waals surface area contributed by atoms with E-state index in [9.17, 15) is 0 Å². The molecule has 1 atom stereocenters. The maximum absolute atomic E-state index is 3.97. The third-order valence-electron chi connectivity index (χ3n) is 3.51. The number of hydrogen-bond acceptors (Lipinski definition) is 2. The Morgan fingerprint density at radius 2 is 2.40 bits per heavy atom. The monoisotopic (exact) mass is 207 g/mol. The molecule has 2 N–H and O–H groups in total. The third-order valence-corrected chi connectivity index (χ3v) is 3.51. The highest BCUT2D eigenvalue weighted by atomic mass is 15.1. The van der Waals surface area contributed by atoms with Crippen molar-refractivity contribution in [2.24, 2.45) is 5.41 Å². The highest BCUT2D eigenvalue weighted by Gasteiger charge is 2.41. The van der Waals surface area contributed by atoms with Gasteiger partial charge in [0.05, 0.1) is 5.69 Å². The third kappa shape index (κ3) is 2.59. The van der Waals surface area contributed by atoms with Crippen LogP contribution in [0.1, 0.15) is 51.3 Å². The Labute approximate surface area is 91.7 Å². The number of nitrogens with zero attached hydrogens (tertiary/aromatic N) is 1. The van der Waals surface area contributed by atoms with Gasteiger partial charge in [0.25, 0.3) is 0 Å². The smallest absolute Gasteiger partial charge is 0.0518 e. The molecule has 15 heavy (non-hydrogen) atoms. The molecule has 0 radical (unpaired) electrons. The first-order valence-corrected chi connectivity index (χ1v) is 5.98. The summed E-state index contributed by atoms with van der Waals surface area (Å²) in [6.45, 7) is 5.62. The lowest BCUT2D eigenvalue weighted by Gasteiger charge is -2.18. The predicted molar refractivity (Wildman–Crippen MR) is 61.6 cm³/mol. The molecule has 1 heterocycles. The Bertz CT molecular complexity index is 288. The largest absolute Gasteiger partial charge is 0.308 e. The average Bonchev–Trinajstić information content (AvgIpc) is 2.81. The van der Waals surface area contributed by atoms with Gasteiger partial charge in [-0.1, -0.05) is 13.3 Å². The van der Waals surface area contributed by atoms with E-state index >= 15 is 0 Å². The van der Waals surface area contributed by atoms with Gasteiger partial charge in [-0.15, -0.1) is 0 Å². The van der Waals surface area contributed by atoms with Crippen molar-refractivity contribution in [2.75, 3.05) is 6.54 Å². The van der Waals surface area contributed by atoms with E-state index in [4.69, 9.17) is 0 Å². The van der Waals surface area contributed by atoms with Gasteiger partial charge in [0.2, 0.25) is 0 Å². The van der Waals surface area contributed by atoms with Crippen molar-refractivity contribution in [1.29, 1.82) is 0 Å². The molecule has 2 rings (SSSR count). The van der Waals surface area contributed by atoms with Gasteiger partial charge >= 0.3 is 0 Å². The van der Waals surface area contributed by atoms with E-state index in [1.807, 2.05) is 12.3 Å². The number of rotatable bonds is 6. The summed E-state index contributed by atoms with van der Waals surface area (Å²) >= 11 is 0. The SMILES string of the molecule is CCCC1(CNC(C)c2ccn[nH]2)CC1. The lowest BCUT2D eigenvalue weighted by molar-refractivity contribution is 0.394. The van der Waals surface area contributed by atoms with Crippen LogP contribution in [0.5, 0.6) is 0 Å². The van der Waals surface area contributed by atoms with Gasteiger partial charge in [-0.3, -0.25) is 5.10 Å². The fourth-order valence-corrected chi connectivity index (χ4v) is 2.21. The summed E-state index contributed by atoms with van der Waals surface area (Å²) < 4.78 is 0. The molecule has 0 saturated heterocycles. The zero-order valence-electron chi connectivity index (χ0n) is 9.71. The Morgan fingerprint density at radius 3 is 2.93 bits per heavy atom. The van der Waals surface area contributed by atoms with Crippen LogP contribution < -0.4 is 5.32 Å². The normalized spacial score (nSPS) is 20.1. The van der Waals surface area contributed by atoms with Crippen LogP contribution in [0, 0.1) is 5.41 Å². The molecule has 1 aliphatic rings. The van der Waals surface area contributed by atoms with Crippen LogP contribution in [-0.4, -0.2) is 16.7 Å². The van der Waals surface area contributed by atoms with Crippen LogP contribution in [0.15, 0.2) is 12.3 Å². The molecule has 3 heteroatoms. The first-order valence-electron chi connectivity index (χ1n) is 5.98. The van der Waals surface area contributed by atoms with E-state index in [2.05, 4.69) is 29.4 Å². The average molecular weight is 207 g/mol. The van der Waals surface area contributed by atoms with E-state index in [1.54, 1.807) is 0 Å². The summed E-state index contributed by atoms with van der Waals surface area (Å²) in [5.74, 6) is 0. The molecular weight excluding hydrogens is 186 g/mol. The first-order chi connectivity index (χ1) is 7.26. The molecule has 1 aromatic rings. The molecule has 1 fully saturated rings. The molecule has 3 nitrogen and oxygen atoms in total. The van der Waals surface area contributed by atoms with Crippen LogP contribution >= 0.6 is 0 Å². The summed E-state index contributed by atoms with van der Waals surface area (Å²) in [5, 5.41) is 10.6. The van der Waals surface area contributed by atoms with E-state index < -0.39 is 0 Å². The van der Waals surface area contributed by atoms with E-state index in [0.29, 0.717) is 11.5 Å². The minimum atomic E-state index is 0.391. The van der Waals surface area contributed by atoms with Gasteiger partial charge in [-0.05, 0) is 37.7 Å². The highest BCUT2D eigenvalue weighted by molar-refractivity contribution is 5.04. The van der Waals surface area contributed by atoms with Crippen molar-refractivity contribution in [3.63, 3.8) is 0 Å². The fraction of sp³-hybridized carbons (Fsp3) is 0.750. The molecule has 1 aliphatic carbocycles. The summed E-state index contributed by atoms with van der Waals surface area (Å²) in [4.78, 5) is 0. The maximum Gasteiger partial charge on any atom is 0.0518 e. The van der Waals surface area contributed by atoms with Gasteiger partial charge in [-0.25, -0.2) is 0 Å². The predicted octanol–water partition coefficient (Wildman–Crippen LogP) is 2.64. The summed E-state index contributed by atoms with van der Waals surface area (Å²) in [6, 6.07) is 2.43. The summed E-state index contributed by atoms with van der Waals surface area (Å²) in [7, 11) is 0. The number of aromatic nitrogens is 2. The zero-order chi connectivity index (χ0) is 10.7. The lowest BCUT2D eigenvalue weighted by atomic mass is 10.0. The second kappa shape index (κ2) is 4.35. The Kier molecular flexibility index (Phi) is 3.10. The van der Waals surface area contributed by atoms with Gasteiger partial charge in [0.15, 0.2) is 0 Å². The summed E-state index contributed by atoms with van der Waals surface area (Å²) in [5.41, 5.74) is 1.81. The second-order valence-electron chi connectivity index (χ2n) is 4.86. The molecule has 1 unspecified atom stereocenters. The Balaban J connectivity index is 1.78. The van der Waals surface area contributed by atoms with E-state index in [0.717, 1.165) is 6.54 Å². The minimum absolute atomic E-state index is 0.391. The minimum Gasteiger partial charge on any atom is -0.308 e. The molecule has 0 aromatic carbocycles. The van der Waals surface area contributed by atoms with Crippen molar-refractivity contribution in [3.05, 3.63) is 18.0 Å². The van der Waals surface area contributed by atoms with Crippen molar-refractivity contribution in [2.45, 2.75) is 45.6 Å². The van der Waals surface area contributed by atoms with E-state index in [-0.39, 0.29) is 0 Å². The zero-order valence-corrected chi connectivity index (χ0v) is 9.71. The van der Waals surface area contributed by atoms with E-state index in [1.165, 1.54) is 31.4 Å². The number of aromatic amines is 1. The Hall–Kier alpha value is -0.830. The highest BCUT2D eigenvalue weighted by Crippen LogP contribution is 2.49. The molecular formula is C12H21N3. The lowest BCUT2D eigenvalue weighted by Crippen LogP contribution is -2.27. The molecule has 0 amide bonds.